The highest BCUT2D eigenvalue weighted by molar-refractivity contribution is 4.85. The highest BCUT2D eigenvalue weighted by Crippen LogP contribution is 2.40. The van der Waals surface area contributed by atoms with Crippen molar-refractivity contribution >= 4 is 0 Å². The quantitative estimate of drug-likeness (QED) is 0.762. The van der Waals surface area contributed by atoms with Crippen molar-refractivity contribution in [2.45, 2.75) is 63.3 Å². The normalized spacial score (nSPS) is 27.9. The predicted octanol–water partition coefficient (Wildman–Crippen LogP) is 3.59. The lowest BCUT2D eigenvalue weighted by molar-refractivity contribution is -0.0497. The monoisotopic (exact) mass is 231 g/mol. The Kier molecular flexibility index (Phi) is 3.83. The van der Waals surface area contributed by atoms with Gasteiger partial charge in [-0.1, -0.05) is 12.8 Å². The van der Waals surface area contributed by atoms with Crippen molar-refractivity contribution in [1.29, 1.82) is 0 Å². The third kappa shape index (κ3) is 3.41. The first-order valence-corrected chi connectivity index (χ1v) is 6.66. The van der Waals surface area contributed by atoms with Gasteiger partial charge in [0.05, 0.1) is 0 Å². The summed E-state index contributed by atoms with van der Waals surface area (Å²) in [5, 5.41) is 3.34. The minimum absolute atomic E-state index is 0.0965. The topological polar surface area (TPSA) is 12.0 Å². The molecule has 0 aromatic heterocycles. The van der Waals surface area contributed by atoms with Crippen LogP contribution < -0.4 is 5.32 Å². The second kappa shape index (κ2) is 4.99. The molecule has 0 aliphatic heterocycles. The fourth-order valence-corrected chi connectivity index (χ4v) is 2.90. The maximum absolute atomic E-state index is 13.0. The zero-order chi connectivity index (χ0) is 11.6. The molecule has 0 spiro atoms. The van der Waals surface area contributed by atoms with E-state index in [1.807, 2.05) is 7.05 Å². The SMILES string of the molecule is CNC(CCC1CC1)C1CCC(F)(F)CC1. The van der Waals surface area contributed by atoms with Gasteiger partial charge in [-0.3, -0.25) is 0 Å². The molecule has 0 heterocycles. The number of nitrogens with one attached hydrogen (secondary N) is 1. The summed E-state index contributed by atoms with van der Waals surface area (Å²) in [5.41, 5.74) is 0. The molecule has 0 saturated heterocycles. The second-order valence-corrected chi connectivity index (χ2v) is 5.61. The summed E-state index contributed by atoms with van der Waals surface area (Å²) in [5.74, 6) is -0.963. The van der Waals surface area contributed by atoms with Crippen molar-refractivity contribution in [2.24, 2.45) is 11.8 Å². The van der Waals surface area contributed by atoms with Crippen LogP contribution in [0, 0.1) is 11.8 Å². The van der Waals surface area contributed by atoms with E-state index < -0.39 is 5.92 Å². The molecule has 0 aromatic carbocycles. The van der Waals surface area contributed by atoms with E-state index in [9.17, 15) is 8.78 Å². The van der Waals surface area contributed by atoms with Gasteiger partial charge in [0.15, 0.2) is 0 Å². The lowest BCUT2D eigenvalue weighted by atomic mass is 9.80. The van der Waals surface area contributed by atoms with E-state index in [0.29, 0.717) is 24.8 Å². The third-order valence-corrected chi connectivity index (χ3v) is 4.28. The molecule has 1 unspecified atom stereocenters. The summed E-state index contributed by atoms with van der Waals surface area (Å²) in [4.78, 5) is 0. The van der Waals surface area contributed by atoms with Gasteiger partial charge < -0.3 is 5.32 Å². The van der Waals surface area contributed by atoms with Crippen LogP contribution in [0.25, 0.3) is 0 Å². The van der Waals surface area contributed by atoms with Gasteiger partial charge >= 0.3 is 0 Å². The summed E-state index contributed by atoms with van der Waals surface area (Å²) in [6, 6.07) is 0.469. The number of hydrogen-bond acceptors (Lipinski definition) is 1. The molecule has 1 nitrogen and oxygen atoms in total. The molecule has 0 bridgehead atoms. The Morgan fingerprint density at radius 2 is 1.81 bits per heavy atom. The van der Waals surface area contributed by atoms with Gasteiger partial charge in [-0.2, -0.15) is 0 Å². The molecule has 94 valence electrons. The zero-order valence-corrected chi connectivity index (χ0v) is 10.1. The summed E-state index contributed by atoms with van der Waals surface area (Å²) in [6.07, 6.45) is 6.83. The van der Waals surface area contributed by atoms with Crippen molar-refractivity contribution in [3.63, 3.8) is 0 Å². The molecule has 1 atom stereocenters. The number of halogens is 2. The summed E-state index contributed by atoms with van der Waals surface area (Å²) in [6.45, 7) is 0. The van der Waals surface area contributed by atoms with Crippen LogP contribution in [0.1, 0.15) is 51.4 Å². The van der Waals surface area contributed by atoms with E-state index in [-0.39, 0.29) is 12.8 Å². The molecule has 2 rings (SSSR count). The van der Waals surface area contributed by atoms with Gasteiger partial charge in [0, 0.05) is 18.9 Å². The molecule has 2 aliphatic rings. The highest BCUT2D eigenvalue weighted by atomic mass is 19.3. The van der Waals surface area contributed by atoms with E-state index in [1.165, 1.54) is 25.7 Å². The molecule has 2 saturated carbocycles. The van der Waals surface area contributed by atoms with Gasteiger partial charge in [0.1, 0.15) is 0 Å². The van der Waals surface area contributed by atoms with Crippen LogP contribution >= 0.6 is 0 Å². The van der Waals surface area contributed by atoms with Crippen LogP contribution in [0.5, 0.6) is 0 Å². The Balaban J connectivity index is 1.75. The molecular weight excluding hydrogens is 208 g/mol. The van der Waals surface area contributed by atoms with Crippen LogP contribution in [0.15, 0.2) is 0 Å². The fraction of sp³-hybridized carbons (Fsp3) is 1.00. The molecule has 2 aliphatic carbocycles. The van der Waals surface area contributed by atoms with Gasteiger partial charge in [-0.05, 0) is 44.6 Å². The third-order valence-electron chi connectivity index (χ3n) is 4.28. The minimum atomic E-state index is -2.38. The molecule has 2 fully saturated rings. The average Bonchev–Trinajstić information content (AvgIpc) is 3.04. The Labute approximate surface area is 97.0 Å². The molecule has 0 amide bonds. The Hall–Kier alpha value is -0.180. The molecular formula is C13H23F2N. The zero-order valence-electron chi connectivity index (χ0n) is 10.1. The van der Waals surface area contributed by atoms with Crippen LogP contribution in [-0.2, 0) is 0 Å². The first kappa shape index (κ1) is 12.3. The fourth-order valence-electron chi connectivity index (χ4n) is 2.90. The first-order valence-electron chi connectivity index (χ1n) is 6.66. The molecule has 16 heavy (non-hydrogen) atoms. The predicted molar refractivity (Wildman–Crippen MR) is 61.7 cm³/mol. The van der Waals surface area contributed by atoms with Gasteiger partial charge in [0.2, 0.25) is 5.92 Å². The van der Waals surface area contributed by atoms with E-state index in [1.54, 1.807) is 0 Å². The van der Waals surface area contributed by atoms with Gasteiger partial charge in [0.25, 0.3) is 0 Å². The second-order valence-electron chi connectivity index (χ2n) is 5.61. The lowest BCUT2D eigenvalue weighted by Crippen LogP contribution is -2.38. The van der Waals surface area contributed by atoms with E-state index in [2.05, 4.69) is 5.32 Å². The first-order chi connectivity index (χ1) is 7.61. The molecule has 3 heteroatoms. The Morgan fingerprint density at radius 3 is 2.31 bits per heavy atom. The largest absolute Gasteiger partial charge is 0.317 e. The van der Waals surface area contributed by atoms with Crippen molar-refractivity contribution in [2.75, 3.05) is 7.05 Å². The van der Waals surface area contributed by atoms with Crippen LogP contribution in [0.4, 0.5) is 8.78 Å². The maximum atomic E-state index is 13.0. The van der Waals surface area contributed by atoms with E-state index in [4.69, 9.17) is 0 Å². The summed E-state index contributed by atoms with van der Waals surface area (Å²) >= 11 is 0. The van der Waals surface area contributed by atoms with Crippen molar-refractivity contribution in [3.8, 4) is 0 Å². The van der Waals surface area contributed by atoms with E-state index >= 15 is 0 Å². The summed E-state index contributed by atoms with van der Waals surface area (Å²) in [7, 11) is 1.98. The standard InChI is InChI=1S/C13H23F2N/c1-16-12(5-4-10-2-3-10)11-6-8-13(14,15)9-7-11/h10-12,16H,2-9H2,1H3. The highest BCUT2D eigenvalue weighted by Gasteiger charge is 2.37. The maximum Gasteiger partial charge on any atom is 0.248 e. The number of alkyl halides is 2. The average molecular weight is 231 g/mol. The van der Waals surface area contributed by atoms with Crippen LogP contribution in [0.2, 0.25) is 0 Å². The van der Waals surface area contributed by atoms with Gasteiger partial charge in [-0.15, -0.1) is 0 Å². The van der Waals surface area contributed by atoms with Crippen LogP contribution in [-0.4, -0.2) is 19.0 Å². The number of rotatable bonds is 5. The molecule has 1 N–H and O–H groups in total. The van der Waals surface area contributed by atoms with Crippen molar-refractivity contribution in [3.05, 3.63) is 0 Å². The molecule has 0 radical (unpaired) electrons. The smallest absolute Gasteiger partial charge is 0.248 e. The van der Waals surface area contributed by atoms with Crippen molar-refractivity contribution in [1.82, 2.24) is 5.32 Å². The van der Waals surface area contributed by atoms with Crippen LogP contribution in [0.3, 0.4) is 0 Å². The Morgan fingerprint density at radius 1 is 1.19 bits per heavy atom. The number of hydrogen-bond donors (Lipinski definition) is 1. The lowest BCUT2D eigenvalue weighted by Gasteiger charge is -2.33. The van der Waals surface area contributed by atoms with E-state index in [0.717, 1.165) is 5.92 Å². The van der Waals surface area contributed by atoms with Gasteiger partial charge in [-0.25, -0.2) is 8.78 Å². The minimum Gasteiger partial charge on any atom is -0.317 e. The van der Waals surface area contributed by atoms with Crippen molar-refractivity contribution < 1.29 is 8.78 Å². The Bertz CT molecular complexity index is 213. The summed E-state index contributed by atoms with van der Waals surface area (Å²) < 4.78 is 26.1. The molecule has 0 aromatic rings.